The fourth-order valence-electron chi connectivity index (χ4n) is 1.36. The molecule has 1 N–H and O–H groups in total. The van der Waals surface area contributed by atoms with Crippen molar-refractivity contribution >= 4 is 34.8 Å². The lowest BCUT2D eigenvalue weighted by Gasteiger charge is -2.37. The van der Waals surface area contributed by atoms with Crippen molar-refractivity contribution in [2.45, 2.75) is 21.9 Å². The van der Waals surface area contributed by atoms with Crippen LogP contribution in [-0.2, 0) is 4.74 Å². The third-order valence-corrected chi connectivity index (χ3v) is 2.84. The number of aliphatic hydroxyl groups is 1. The molecule has 0 saturated heterocycles. The zero-order valence-electron chi connectivity index (χ0n) is 7.58. The van der Waals surface area contributed by atoms with Gasteiger partial charge >= 0.3 is 0 Å². The van der Waals surface area contributed by atoms with E-state index in [0.717, 1.165) is 0 Å². The van der Waals surface area contributed by atoms with E-state index in [4.69, 9.17) is 39.5 Å². The van der Waals surface area contributed by atoms with E-state index in [1.54, 1.807) is 12.2 Å². The highest BCUT2D eigenvalue weighted by Crippen LogP contribution is 2.40. The molecule has 1 rings (SSSR count). The SMILES string of the molecule is COC1(C(O)C(Cl)(Cl)Cl)C=CC=CC1. The monoisotopic (exact) mass is 256 g/mol. The molecule has 2 nitrogen and oxygen atoms in total. The average molecular weight is 258 g/mol. The maximum absolute atomic E-state index is 9.86. The van der Waals surface area contributed by atoms with Crippen LogP contribution in [0.1, 0.15) is 6.42 Å². The Morgan fingerprint density at radius 2 is 2.07 bits per heavy atom. The van der Waals surface area contributed by atoms with Crippen LogP contribution in [0.4, 0.5) is 0 Å². The molecule has 0 radical (unpaired) electrons. The van der Waals surface area contributed by atoms with E-state index in [2.05, 4.69) is 0 Å². The quantitative estimate of drug-likeness (QED) is 0.771. The molecule has 2 atom stereocenters. The van der Waals surface area contributed by atoms with Crippen LogP contribution in [-0.4, -0.2) is 27.7 Å². The van der Waals surface area contributed by atoms with Crippen LogP contribution >= 0.6 is 34.8 Å². The number of allylic oxidation sites excluding steroid dienone is 2. The highest BCUT2D eigenvalue weighted by Gasteiger charge is 2.47. The van der Waals surface area contributed by atoms with Crippen molar-refractivity contribution in [1.29, 1.82) is 0 Å². The zero-order valence-corrected chi connectivity index (χ0v) is 9.85. The van der Waals surface area contributed by atoms with Gasteiger partial charge in [-0.1, -0.05) is 53.0 Å². The Balaban J connectivity index is 2.91. The summed E-state index contributed by atoms with van der Waals surface area (Å²) in [5.74, 6) is 0. The molecule has 2 unspecified atom stereocenters. The van der Waals surface area contributed by atoms with Gasteiger partial charge in [0.05, 0.1) is 0 Å². The zero-order chi connectivity index (χ0) is 10.8. The Labute approximate surface area is 98.1 Å². The van der Waals surface area contributed by atoms with E-state index in [-0.39, 0.29) is 0 Å². The molecule has 1 aliphatic rings. The smallest absolute Gasteiger partial charge is 0.219 e. The van der Waals surface area contributed by atoms with Gasteiger partial charge in [-0.2, -0.15) is 0 Å². The van der Waals surface area contributed by atoms with E-state index in [1.807, 2.05) is 12.2 Å². The van der Waals surface area contributed by atoms with E-state index < -0.39 is 15.5 Å². The topological polar surface area (TPSA) is 29.5 Å². The van der Waals surface area contributed by atoms with Gasteiger partial charge in [0.25, 0.3) is 0 Å². The van der Waals surface area contributed by atoms with Gasteiger partial charge in [0.1, 0.15) is 11.7 Å². The lowest BCUT2D eigenvalue weighted by atomic mass is 9.89. The van der Waals surface area contributed by atoms with Gasteiger partial charge in [0.2, 0.25) is 3.79 Å². The predicted octanol–water partition coefficient (Wildman–Crippen LogP) is 2.62. The summed E-state index contributed by atoms with van der Waals surface area (Å²) >= 11 is 16.9. The second-order valence-corrected chi connectivity index (χ2v) is 5.46. The van der Waals surface area contributed by atoms with Crippen molar-refractivity contribution in [1.82, 2.24) is 0 Å². The van der Waals surface area contributed by atoms with E-state index >= 15 is 0 Å². The minimum Gasteiger partial charge on any atom is -0.385 e. The first-order valence-electron chi connectivity index (χ1n) is 4.07. The van der Waals surface area contributed by atoms with Crippen LogP contribution < -0.4 is 0 Å². The first-order valence-corrected chi connectivity index (χ1v) is 5.20. The molecule has 0 saturated carbocycles. The van der Waals surface area contributed by atoms with Crippen molar-refractivity contribution < 1.29 is 9.84 Å². The molecular formula is C9H11Cl3O2. The molecule has 0 amide bonds. The molecule has 14 heavy (non-hydrogen) atoms. The lowest BCUT2D eigenvalue weighted by Crippen LogP contribution is -2.49. The van der Waals surface area contributed by atoms with Gasteiger partial charge in [0, 0.05) is 13.5 Å². The molecule has 0 aromatic heterocycles. The number of halogens is 3. The first-order chi connectivity index (χ1) is 6.42. The van der Waals surface area contributed by atoms with Crippen LogP contribution in [0.25, 0.3) is 0 Å². The summed E-state index contributed by atoms with van der Waals surface area (Å²) in [5.41, 5.74) is -0.944. The van der Waals surface area contributed by atoms with Crippen LogP contribution in [0.15, 0.2) is 24.3 Å². The summed E-state index contributed by atoms with van der Waals surface area (Å²) in [5, 5.41) is 9.86. The predicted molar refractivity (Wildman–Crippen MR) is 58.9 cm³/mol. The fourth-order valence-corrected chi connectivity index (χ4v) is 1.91. The summed E-state index contributed by atoms with van der Waals surface area (Å²) < 4.78 is 3.47. The van der Waals surface area contributed by atoms with Gasteiger partial charge in [-0.3, -0.25) is 0 Å². The summed E-state index contributed by atoms with van der Waals surface area (Å²) in [6, 6.07) is 0. The summed E-state index contributed by atoms with van der Waals surface area (Å²) in [6.45, 7) is 0. The van der Waals surface area contributed by atoms with E-state index in [1.165, 1.54) is 7.11 Å². The maximum Gasteiger partial charge on any atom is 0.219 e. The van der Waals surface area contributed by atoms with Crippen LogP contribution in [0.5, 0.6) is 0 Å². The standard InChI is InChI=1S/C9H11Cl3O2/c1-14-8(5-3-2-4-6-8)7(13)9(10,11)12/h2-5,7,13H,6H2,1H3. The minimum atomic E-state index is -1.76. The number of ether oxygens (including phenoxy) is 1. The molecular weight excluding hydrogens is 246 g/mol. The van der Waals surface area contributed by atoms with E-state index in [0.29, 0.717) is 6.42 Å². The Morgan fingerprint density at radius 3 is 2.43 bits per heavy atom. The third-order valence-electron chi connectivity index (χ3n) is 2.22. The summed E-state index contributed by atoms with van der Waals surface area (Å²) in [7, 11) is 1.48. The van der Waals surface area contributed by atoms with Crippen molar-refractivity contribution in [2.24, 2.45) is 0 Å². The molecule has 0 bridgehead atoms. The Bertz CT molecular complexity index is 257. The van der Waals surface area contributed by atoms with Gasteiger partial charge < -0.3 is 9.84 Å². The minimum absolute atomic E-state index is 0.481. The fraction of sp³-hybridized carbons (Fsp3) is 0.556. The van der Waals surface area contributed by atoms with E-state index in [9.17, 15) is 5.11 Å². The largest absolute Gasteiger partial charge is 0.385 e. The molecule has 1 aliphatic carbocycles. The Morgan fingerprint density at radius 1 is 1.43 bits per heavy atom. The number of rotatable bonds is 2. The highest BCUT2D eigenvalue weighted by atomic mass is 35.6. The molecule has 0 fully saturated rings. The summed E-state index contributed by atoms with van der Waals surface area (Å²) in [4.78, 5) is 0. The van der Waals surface area contributed by atoms with Crippen molar-refractivity contribution in [3.8, 4) is 0 Å². The number of hydrogen-bond donors (Lipinski definition) is 1. The maximum atomic E-state index is 9.86. The normalized spacial score (nSPS) is 29.2. The molecule has 80 valence electrons. The van der Waals surface area contributed by atoms with Gasteiger partial charge in [-0.15, -0.1) is 0 Å². The Hall–Kier alpha value is 0.270. The second-order valence-electron chi connectivity index (χ2n) is 3.09. The average Bonchev–Trinajstić information content (AvgIpc) is 2.16. The number of alkyl halides is 3. The van der Waals surface area contributed by atoms with Crippen molar-refractivity contribution in [3.63, 3.8) is 0 Å². The number of hydrogen-bond acceptors (Lipinski definition) is 2. The lowest BCUT2D eigenvalue weighted by molar-refractivity contribution is -0.0654. The van der Waals surface area contributed by atoms with Gasteiger partial charge in [0.15, 0.2) is 0 Å². The van der Waals surface area contributed by atoms with Gasteiger partial charge in [-0.05, 0) is 6.08 Å². The highest BCUT2D eigenvalue weighted by molar-refractivity contribution is 6.68. The number of methoxy groups -OCH3 is 1. The molecule has 5 heteroatoms. The second kappa shape index (κ2) is 4.42. The Kier molecular flexibility index (Phi) is 3.89. The molecule has 0 spiro atoms. The third kappa shape index (κ3) is 2.44. The van der Waals surface area contributed by atoms with Crippen LogP contribution in [0.3, 0.4) is 0 Å². The molecule has 0 aliphatic heterocycles. The molecule has 0 aromatic rings. The van der Waals surface area contributed by atoms with Gasteiger partial charge in [-0.25, -0.2) is 0 Å². The summed E-state index contributed by atoms with van der Waals surface area (Å²) in [6.07, 6.45) is 6.43. The molecule has 0 heterocycles. The van der Waals surface area contributed by atoms with Crippen LogP contribution in [0, 0.1) is 0 Å². The first kappa shape index (κ1) is 12.3. The molecule has 0 aromatic carbocycles. The number of aliphatic hydroxyl groups excluding tert-OH is 1. The van der Waals surface area contributed by atoms with Crippen LogP contribution in [0.2, 0.25) is 0 Å². The van der Waals surface area contributed by atoms with Crippen molar-refractivity contribution in [2.75, 3.05) is 7.11 Å². The van der Waals surface area contributed by atoms with Crippen molar-refractivity contribution in [3.05, 3.63) is 24.3 Å².